The Morgan fingerprint density at radius 1 is 0.844 bits per heavy atom. The normalized spacial score (nSPS) is 19.4. The Bertz CT molecular complexity index is 1040. The van der Waals surface area contributed by atoms with E-state index in [0.717, 1.165) is 18.8 Å². The van der Waals surface area contributed by atoms with Gasteiger partial charge in [0.25, 0.3) is 5.91 Å². The largest absolute Gasteiger partial charge is 0.465 e. The summed E-state index contributed by atoms with van der Waals surface area (Å²) < 4.78 is 4.69. The van der Waals surface area contributed by atoms with Gasteiger partial charge < -0.3 is 9.64 Å². The number of imide groups is 1. The van der Waals surface area contributed by atoms with Crippen LogP contribution in [0.3, 0.4) is 0 Å². The van der Waals surface area contributed by atoms with Gasteiger partial charge in [-0.05, 0) is 55.5 Å². The van der Waals surface area contributed by atoms with E-state index in [1.54, 1.807) is 31.2 Å². The fourth-order valence-corrected chi connectivity index (χ4v) is 4.24. The first-order valence-electron chi connectivity index (χ1n) is 10.5. The van der Waals surface area contributed by atoms with E-state index in [0.29, 0.717) is 29.9 Å². The minimum absolute atomic E-state index is 0.0373. The predicted octanol–water partition coefficient (Wildman–Crippen LogP) is 2.13. The van der Waals surface area contributed by atoms with Crippen LogP contribution in [0.5, 0.6) is 0 Å². The summed E-state index contributed by atoms with van der Waals surface area (Å²) >= 11 is 0. The van der Waals surface area contributed by atoms with E-state index in [2.05, 4.69) is 14.5 Å². The van der Waals surface area contributed by atoms with E-state index in [1.807, 2.05) is 24.3 Å². The van der Waals surface area contributed by atoms with Gasteiger partial charge in [-0.3, -0.25) is 19.3 Å². The van der Waals surface area contributed by atoms with Gasteiger partial charge in [0, 0.05) is 37.4 Å². The summed E-state index contributed by atoms with van der Waals surface area (Å²) in [6.45, 7) is 4.32. The lowest BCUT2D eigenvalue weighted by Crippen LogP contribution is -2.52. The second kappa shape index (κ2) is 8.92. The Balaban J connectivity index is 1.40. The number of piperazine rings is 1. The van der Waals surface area contributed by atoms with Crippen molar-refractivity contribution in [1.82, 2.24) is 4.90 Å². The van der Waals surface area contributed by atoms with E-state index < -0.39 is 12.0 Å². The first-order valence-corrected chi connectivity index (χ1v) is 10.5. The number of ether oxygens (including phenoxy) is 1. The second-order valence-electron chi connectivity index (χ2n) is 7.95. The highest BCUT2D eigenvalue weighted by atomic mass is 16.5. The molecule has 0 bridgehead atoms. The summed E-state index contributed by atoms with van der Waals surface area (Å²) in [5.74, 6) is -0.911. The Morgan fingerprint density at radius 2 is 1.41 bits per heavy atom. The number of carbonyl (C=O) groups is 4. The van der Waals surface area contributed by atoms with Crippen LogP contribution in [0.1, 0.15) is 34.1 Å². The zero-order valence-corrected chi connectivity index (χ0v) is 18.1. The molecule has 0 saturated carbocycles. The van der Waals surface area contributed by atoms with Crippen molar-refractivity contribution in [2.24, 2.45) is 0 Å². The standard InChI is InChI=1S/C24H25N3O5/c1-16(28)17-3-7-19(8-4-17)25-11-13-26(14-12-25)21-15-22(29)27(23(21)30)20-9-5-18(6-10-20)24(31)32-2/h3-10,21H,11-15H2,1-2H3. The van der Waals surface area contributed by atoms with Gasteiger partial charge in [0.1, 0.15) is 0 Å². The second-order valence-corrected chi connectivity index (χ2v) is 7.95. The predicted molar refractivity (Wildman–Crippen MR) is 119 cm³/mol. The van der Waals surface area contributed by atoms with Crippen molar-refractivity contribution in [2.75, 3.05) is 43.1 Å². The highest BCUT2D eigenvalue weighted by Gasteiger charge is 2.43. The van der Waals surface area contributed by atoms with E-state index >= 15 is 0 Å². The zero-order chi connectivity index (χ0) is 22.8. The van der Waals surface area contributed by atoms with E-state index in [-0.39, 0.29) is 24.0 Å². The molecule has 2 heterocycles. The van der Waals surface area contributed by atoms with Crippen LogP contribution in [0.25, 0.3) is 0 Å². The average molecular weight is 435 g/mol. The van der Waals surface area contributed by atoms with Crippen molar-refractivity contribution >= 4 is 34.9 Å². The Kier molecular flexibility index (Phi) is 6.05. The molecule has 8 nitrogen and oxygen atoms in total. The summed E-state index contributed by atoms with van der Waals surface area (Å²) in [6.07, 6.45) is 0.144. The lowest BCUT2D eigenvalue weighted by Gasteiger charge is -2.38. The van der Waals surface area contributed by atoms with Crippen LogP contribution in [0.15, 0.2) is 48.5 Å². The number of ketones is 1. The Labute approximate surface area is 186 Å². The highest BCUT2D eigenvalue weighted by Crippen LogP contribution is 2.27. The Morgan fingerprint density at radius 3 is 1.97 bits per heavy atom. The van der Waals surface area contributed by atoms with Crippen LogP contribution in [0, 0.1) is 0 Å². The number of nitrogens with zero attached hydrogens (tertiary/aromatic N) is 3. The third-order valence-corrected chi connectivity index (χ3v) is 6.06. The van der Waals surface area contributed by atoms with Gasteiger partial charge >= 0.3 is 5.97 Å². The number of anilines is 2. The molecule has 0 spiro atoms. The molecular weight excluding hydrogens is 410 g/mol. The lowest BCUT2D eigenvalue weighted by molar-refractivity contribution is -0.123. The van der Waals surface area contributed by atoms with Crippen molar-refractivity contribution in [3.05, 3.63) is 59.7 Å². The van der Waals surface area contributed by atoms with Gasteiger partial charge in [-0.1, -0.05) is 0 Å². The fourth-order valence-electron chi connectivity index (χ4n) is 4.24. The van der Waals surface area contributed by atoms with Gasteiger partial charge in [0.05, 0.1) is 30.8 Å². The molecule has 4 rings (SSSR count). The van der Waals surface area contributed by atoms with Crippen molar-refractivity contribution in [3.63, 3.8) is 0 Å². The van der Waals surface area contributed by atoms with E-state index in [9.17, 15) is 19.2 Å². The number of rotatable bonds is 5. The molecule has 0 radical (unpaired) electrons. The molecule has 2 saturated heterocycles. The summed E-state index contributed by atoms with van der Waals surface area (Å²) in [5.41, 5.74) is 2.54. The van der Waals surface area contributed by atoms with Gasteiger partial charge in [0.2, 0.25) is 5.91 Å². The first-order chi connectivity index (χ1) is 15.4. The lowest BCUT2D eigenvalue weighted by atomic mass is 10.1. The molecule has 2 aliphatic heterocycles. The molecule has 1 atom stereocenters. The summed E-state index contributed by atoms with van der Waals surface area (Å²) in [5, 5.41) is 0. The minimum Gasteiger partial charge on any atom is -0.465 e. The molecule has 0 aliphatic carbocycles. The number of hydrogen-bond acceptors (Lipinski definition) is 7. The molecule has 1 unspecified atom stereocenters. The molecule has 2 aromatic rings. The number of amides is 2. The molecule has 8 heteroatoms. The SMILES string of the molecule is COC(=O)c1ccc(N2C(=O)CC(N3CCN(c4ccc(C(C)=O)cc4)CC3)C2=O)cc1. The quantitative estimate of drug-likeness (QED) is 0.404. The van der Waals surface area contributed by atoms with Crippen LogP contribution < -0.4 is 9.80 Å². The van der Waals surface area contributed by atoms with Crippen LogP contribution in [0.4, 0.5) is 11.4 Å². The van der Waals surface area contributed by atoms with E-state index in [4.69, 9.17) is 0 Å². The molecular formula is C24H25N3O5. The summed E-state index contributed by atoms with van der Waals surface area (Å²) in [4.78, 5) is 54.3. The van der Waals surface area contributed by atoms with Crippen molar-refractivity contribution < 1.29 is 23.9 Å². The number of methoxy groups -OCH3 is 1. The molecule has 0 N–H and O–H groups in total. The Hall–Kier alpha value is -3.52. The summed E-state index contributed by atoms with van der Waals surface area (Å²) in [6, 6.07) is 13.3. The molecule has 2 aromatic carbocycles. The molecule has 0 aromatic heterocycles. The summed E-state index contributed by atoms with van der Waals surface area (Å²) in [7, 11) is 1.30. The molecule has 2 amide bonds. The van der Waals surface area contributed by atoms with Crippen molar-refractivity contribution in [3.8, 4) is 0 Å². The fraction of sp³-hybridized carbons (Fsp3) is 0.333. The smallest absolute Gasteiger partial charge is 0.337 e. The average Bonchev–Trinajstić information content (AvgIpc) is 3.12. The minimum atomic E-state index is -0.481. The van der Waals surface area contributed by atoms with Crippen molar-refractivity contribution in [2.45, 2.75) is 19.4 Å². The molecule has 32 heavy (non-hydrogen) atoms. The molecule has 2 aliphatic rings. The molecule has 166 valence electrons. The third-order valence-electron chi connectivity index (χ3n) is 6.06. The maximum Gasteiger partial charge on any atom is 0.337 e. The van der Waals surface area contributed by atoms with Crippen LogP contribution in [-0.2, 0) is 14.3 Å². The first kappa shape index (κ1) is 21.7. The maximum atomic E-state index is 13.1. The van der Waals surface area contributed by atoms with Gasteiger partial charge in [0.15, 0.2) is 5.78 Å². The number of Topliss-reactive ketones (excluding diaryl/α,β-unsaturated/α-hetero) is 1. The van der Waals surface area contributed by atoms with Gasteiger partial charge in [-0.2, -0.15) is 0 Å². The number of benzene rings is 2. The van der Waals surface area contributed by atoms with Gasteiger partial charge in [-0.25, -0.2) is 9.69 Å². The number of hydrogen-bond donors (Lipinski definition) is 0. The maximum absolute atomic E-state index is 13.1. The molecule has 2 fully saturated rings. The van der Waals surface area contributed by atoms with Crippen LogP contribution in [-0.4, -0.2) is 67.8 Å². The zero-order valence-electron chi connectivity index (χ0n) is 18.1. The van der Waals surface area contributed by atoms with Crippen LogP contribution >= 0.6 is 0 Å². The monoisotopic (exact) mass is 435 g/mol. The van der Waals surface area contributed by atoms with Crippen molar-refractivity contribution in [1.29, 1.82) is 0 Å². The highest BCUT2D eigenvalue weighted by molar-refractivity contribution is 6.22. The van der Waals surface area contributed by atoms with Gasteiger partial charge in [-0.15, -0.1) is 0 Å². The number of carbonyl (C=O) groups excluding carboxylic acids is 4. The van der Waals surface area contributed by atoms with Crippen LogP contribution in [0.2, 0.25) is 0 Å². The van der Waals surface area contributed by atoms with E-state index in [1.165, 1.54) is 12.0 Å². The number of esters is 1. The third kappa shape index (κ3) is 4.13. The topological polar surface area (TPSA) is 87.2 Å².